The molecule has 1 aliphatic rings. The topological polar surface area (TPSA) is 94.3 Å². The van der Waals surface area contributed by atoms with Gasteiger partial charge in [0, 0.05) is 22.3 Å². The van der Waals surface area contributed by atoms with Gasteiger partial charge in [0.15, 0.2) is 0 Å². The summed E-state index contributed by atoms with van der Waals surface area (Å²) in [6.45, 7) is 0.292. The molecule has 6 rings (SSSR count). The zero-order valence-electron chi connectivity index (χ0n) is 22.8. The van der Waals surface area contributed by atoms with Crippen molar-refractivity contribution < 1.29 is 14.4 Å². The predicted molar refractivity (Wildman–Crippen MR) is 167 cm³/mol. The third-order valence-corrected chi connectivity index (χ3v) is 8.71. The van der Waals surface area contributed by atoms with Crippen LogP contribution in [0.1, 0.15) is 26.9 Å². The number of aromatic nitrogens is 1. The number of aromatic amines is 1. The van der Waals surface area contributed by atoms with Gasteiger partial charge < -0.3 is 20.5 Å². The van der Waals surface area contributed by atoms with Crippen LogP contribution in [0.2, 0.25) is 0 Å². The summed E-state index contributed by atoms with van der Waals surface area (Å²) in [4.78, 5) is 46.6. The maximum atomic E-state index is 14.4. The summed E-state index contributed by atoms with van der Waals surface area (Å²) in [5, 5.41) is 6.47. The van der Waals surface area contributed by atoms with Crippen molar-refractivity contribution in [2.75, 3.05) is 18.0 Å². The van der Waals surface area contributed by atoms with Crippen molar-refractivity contribution in [3.8, 4) is 0 Å². The summed E-state index contributed by atoms with van der Waals surface area (Å²) in [7, 11) is 0. The van der Waals surface area contributed by atoms with Crippen LogP contribution in [-0.4, -0.2) is 41.8 Å². The molecule has 0 bridgehead atoms. The minimum absolute atomic E-state index is 0.161. The first-order valence-electron chi connectivity index (χ1n) is 13.9. The Labute approximate surface area is 248 Å². The second kappa shape index (κ2) is 12.4. The minimum atomic E-state index is -0.930. The normalized spacial score (nSPS) is 16.5. The van der Waals surface area contributed by atoms with E-state index in [4.69, 9.17) is 0 Å². The molecule has 0 aliphatic carbocycles. The molecule has 0 radical (unpaired) electrons. The van der Waals surface area contributed by atoms with Crippen LogP contribution in [0.15, 0.2) is 120 Å². The van der Waals surface area contributed by atoms with Gasteiger partial charge in [-0.25, -0.2) is 0 Å². The van der Waals surface area contributed by atoms with Gasteiger partial charge in [-0.15, -0.1) is 11.8 Å². The number of fused-ring (bicyclic) bond motifs is 2. The molecule has 3 N–H and O–H groups in total. The molecule has 1 aliphatic heterocycles. The predicted octanol–water partition coefficient (Wildman–Crippen LogP) is 5.51. The molecule has 42 heavy (non-hydrogen) atoms. The minimum Gasteiger partial charge on any atom is -0.354 e. The van der Waals surface area contributed by atoms with E-state index in [0.717, 1.165) is 26.9 Å². The van der Waals surface area contributed by atoms with Gasteiger partial charge in [-0.05, 0) is 41.8 Å². The van der Waals surface area contributed by atoms with E-state index >= 15 is 0 Å². The summed E-state index contributed by atoms with van der Waals surface area (Å²) >= 11 is 1.51. The van der Waals surface area contributed by atoms with E-state index in [2.05, 4.69) is 15.6 Å². The van der Waals surface area contributed by atoms with E-state index in [9.17, 15) is 14.4 Å². The molecule has 7 nitrogen and oxygen atoms in total. The molecule has 210 valence electrons. The smallest absolute Gasteiger partial charge is 0.268 e. The van der Waals surface area contributed by atoms with Crippen molar-refractivity contribution in [2.45, 2.75) is 22.6 Å². The van der Waals surface area contributed by atoms with Gasteiger partial charge in [0.05, 0.1) is 10.9 Å². The molecule has 4 aromatic carbocycles. The average Bonchev–Trinajstić information content (AvgIpc) is 3.43. The van der Waals surface area contributed by atoms with E-state index in [1.807, 2.05) is 109 Å². The van der Waals surface area contributed by atoms with Gasteiger partial charge >= 0.3 is 0 Å². The van der Waals surface area contributed by atoms with Gasteiger partial charge in [0.2, 0.25) is 5.91 Å². The average molecular weight is 575 g/mol. The van der Waals surface area contributed by atoms with Crippen molar-refractivity contribution in [2.24, 2.45) is 0 Å². The number of hydrogen-bond donors (Lipinski definition) is 3. The van der Waals surface area contributed by atoms with Gasteiger partial charge in [-0.2, -0.15) is 0 Å². The van der Waals surface area contributed by atoms with Crippen molar-refractivity contribution >= 4 is 46.1 Å². The highest BCUT2D eigenvalue weighted by Crippen LogP contribution is 2.45. The highest BCUT2D eigenvalue weighted by atomic mass is 32.2. The lowest BCUT2D eigenvalue weighted by Crippen LogP contribution is -2.52. The largest absolute Gasteiger partial charge is 0.354 e. The molecular formula is C34H30N4O3S. The highest BCUT2D eigenvalue weighted by Gasteiger charge is 2.40. The number of nitrogens with zero attached hydrogens (tertiary/aromatic N) is 1. The SMILES string of the molecule is O=C(CN1C(=O)[C@H](NC(=O)c2cc3ccccc3[nH]2)[C@@H](c2ccccc2)Sc2ccccc21)NCCc1ccccc1. The Hall–Kier alpha value is -4.82. The first-order valence-corrected chi connectivity index (χ1v) is 14.8. The summed E-state index contributed by atoms with van der Waals surface area (Å²) in [5.74, 6) is -0.994. The molecule has 3 amide bonds. The molecule has 2 atom stereocenters. The van der Waals surface area contributed by atoms with Crippen molar-refractivity contribution in [3.05, 3.63) is 132 Å². The molecule has 0 fully saturated rings. The number of benzene rings is 4. The molecule has 0 saturated heterocycles. The quantitative estimate of drug-likeness (QED) is 0.228. The molecule has 8 heteroatoms. The fourth-order valence-electron chi connectivity index (χ4n) is 5.21. The Morgan fingerprint density at radius 1 is 0.833 bits per heavy atom. The Balaban J connectivity index is 1.29. The van der Waals surface area contributed by atoms with Crippen molar-refractivity contribution in [3.63, 3.8) is 0 Å². The van der Waals surface area contributed by atoms with Crippen LogP contribution in [0.5, 0.6) is 0 Å². The van der Waals surface area contributed by atoms with Crippen LogP contribution < -0.4 is 15.5 Å². The van der Waals surface area contributed by atoms with E-state index in [0.29, 0.717) is 24.3 Å². The summed E-state index contributed by atoms with van der Waals surface area (Å²) in [5.41, 5.74) is 3.88. The Kier molecular flexibility index (Phi) is 8.05. The van der Waals surface area contributed by atoms with Crippen LogP contribution in [0.25, 0.3) is 10.9 Å². The van der Waals surface area contributed by atoms with Gasteiger partial charge in [-0.3, -0.25) is 14.4 Å². The third kappa shape index (κ3) is 5.94. The molecule has 2 heterocycles. The number of rotatable bonds is 8. The van der Waals surface area contributed by atoms with E-state index in [-0.39, 0.29) is 24.3 Å². The number of anilines is 1. The summed E-state index contributed by atoms with van der Waals surface area (Å²) in [6.07, 6.45) is 0.687. The summed E-state index contributed by atoms with van der Waals surface area (Å²) < 4.78 is 0. The fraction of sp³-hybridized carbons (Fsp3) is 0.147. The first-order chi connectivity index (χ1) is 20.6. The van der Waals surface area contributed by atoms with E-state index in [1.54, 1.807) is 6.07 Å². The standard InChI is InChI=1S/C34H30N4O3S/c39-30(35-20-19-23-11-3-1-4-12-23)22-38-28-17-9-10-18-29(28)42-32(24-13-5-2-6-14-24)31(34(38)41)37-33(40)27-21-25-15-7-8-16-26(25)36-27/h1-18,21,31-32,36H,19-20,22H2,(H,35,39)(H,37,40)/t31-,32-/m1/s1. The lowest BCUT2D eigenvalue weighted by Gasteiger charge is -2.28. The maximum Gasteiger partial charge on any atom is 0.268 e. The molecule has 0 saturated carbocycles. The Bertz CT molecular complexity index is 1690. The molecule has 5 aromatic rings. The molecular weight excluding hydrogens is 544 g/mol. The van der Waals surface area contributed by atoms with Gasteiger partial charge in [0.25, 0.3) is 11.8 Å². The Morgan fingerprint density at radius 3 is 2.31 bits per heavy atom. The maximum absolute atomic E-state index is 14.4. The number of thioether (sulfide) groups is 1. The van der Waals surface area contributed by atoms with Gasteiger partial charge in [0.1, 0.15) is 18.3 Å². The lowest BCUT2D eigenvalue weighted by molar-refractivity contribution is -0.124. The molecule has 1 aromatic heterocycles. The van der Waals surface area contributed by atoms with Crippen molar-refractivity contribution in [1.29, 1.82) is 0 Å². The number of H-pyrrole nitrogens is 1. The van der Waals surface area contributed by atoms with E-state index in [1.165, 1.54) is 16.7 Å². The number of amides is 3. The second-order valence-corrected chi connectivity index (χ2v) is 11.3. The Morgan fingerprint density at radius 2 is 1.52 bits per heavy atom. The molecule has 0 unspecified atom stereocenters. The number of carbonyl (C=O) groups is 3. The summed E-state index contributed by atoms with van der Waals surface area (Å²) in [6, 6.07) is 35.7. The fourth-order valence-corrected chi connectivity index (χ4v) is 6.55. The second-order valence-electron chi connectivity index (χ2n) is 10.1. The van der Waals surface area contributed by atoms with Crippen LogP contribution in [0.3, 0.4) is 0 Å². The number of nitrogens with one attached hydrogen (secondary N) is 3. The zero-order valence-corrected chi connectivity index (χ0v) is 23.6. The lowest BCUT2D eigenvalue weighted by atomic mass is 10.0. The van der Waals surface area contributed by atoms with Gasteiger partial charge in [-0.1, -0.05) is 91.0 Å². The van der Waals surface area contributed by atoms with Crippen LogP contribution in [-0.2, 0) is 16.0 Å². The number of hydrogen-bond acceptors (Lipinski definition) is 4. The highest BCUT2D eigenvalue weighted by molar-refractivity contribution is 7.99. The number of para-hydroxylation sites is 2. The van der Waals surface area contributed by atoms with Crippen molar-refractivity contribution in [1.82, 2.24) is 15.6 Å². The van der Waals surface area contributed by atoms with Crippen LogP contribution >= 0.6 is 11.8 Å². The monoisotopic (exact) mass is 574 g/mol. The first kappa shape index (κ1) is 27.4. The third-order valence-electron chi connectivity index (χ3n) is 7.31. The number of carbonyl (C=O) groups excluding carboxylic acids is 3. The zero-order chi connectivity index (χ0) is 28.9. The van der Waals surface area contributed by atoms with Crippen LogP contribution in [0.4, 0.5) is 5.69 Å². The molecule has 0 spiro atoms. The van der Waals surface area contributed by atoms with E-state index < -0.39 is 11.3 Å². The van der Waals surface area contributed by atoms with Crippen LogP contribution in [0, 0.1) is 0 Å².